The predicted molar refractivity (Wildman–Crippen MR) is 361 cm³/mol. The highest BCUT2D eigenvalue weighted by atomic mass is 35.5. The molecule has 4 fully saturated rings. The number of anilines is 4. The first kappa shape index (κ1) is 77.2. The third kappa shape index (κ3) is 26.0. The molecule has 4 saturated carbocycles. The van der Waals surface area contributed by atoms with E-state index < -0.39 is 31.0 Å². The number of nitrogens with zero attached hydrogens (tertiary/aromatic N) is 4. The number of hydrogen-bond donors (Lipinski definition) is 9. The number of nitrogens with one attached hydrogen (secondary N) is 7. The van der Waals surface area contributed by atoms with Gasteiger partial charge in [0.05, 0.1) is 63.5 Å². The first-order valence-corrected chi connectivity index (χ1v) is 31.8. The van der Waals surface area contributed by atoms with Crippen LogP contribution in [0, 0.1) is 38.0 Å². The molecule has 2 aliphatic heterocycles. The lowest BCUT2D eigenvalue weighted by atomic mass is 9.99. The number of para-hydroxylation sites is 4. The van der Waals surface area contributed by atoms with E-state index in [2.05, 4.69) is 45.9 Å². The molecule has 1 unspecified atom stereocenters. The van der Waals surface area contributed by atoms with Crippen molar-refractivity contribution < 1.29 is 63.4 Å². The Kier molecular flexibility index (Phi) is 31.7. The summed E-state index contributed by atoms with van der Waals surface area (Å²) in [5, 5.41) is 23.9. The molecular weight excluding hydrogens is 1270 g/mol. The first-order chi connectivity index (χ1) is 45.8. The lowest BCUT2D eigenvalue weighted by Gasteiger charge is -2.29. The van der Waals surface area contributed by atoms with Crippen molar-refractivity contribution in [3.63, 3.8) is 0 Å². The number of nitrogens with two attached hydrogens (primary N) is 1. The number of ether oxygens (including phenoxy) is 3. The molecule has 0 bridgehead atoms. The number of halogens is 2. The van der Waals surface area contributed by atoms with Crippen molar-refractivity contribution >= 4 is 88.4 Å². The van der Waals surface area contributed by atoms with Crippen LogP contribution in [0.1, 0.15) is 182 Å². The normalized spacial score (nSPS) is 14.8. The highest BCUT2D eigenvalue weighted by molar-refractivity contribution is 6.10. The number of benzene rings is 2. The van der Waals surface area contributed by atoms with Crippen LogP contribution >= 0.6 is 12.4 Å². The molecule has 522 valence electrons. The van der Waals surface area contributed by atoms with Gasteiger partial charge in [-0.2, -0.15) is 0 Å². The lowest BCUT2D eigenvalue weighted by Crippen LogP contribution is -2.42. The standard InChI is InChI=1S/C19H20N4O3.C13H18N2O3.C11H14N2O3.C11H18O5.C8H8N2O.C4H8N2.CH3F.ClH/c1-11-13(19(26)22-18(20-11)12-6-7-12)8-9-17(25)23-10-16(24)21-14-4-2-3-5-15(14)23;1-3-18-11(16)7-6-10-8(2)14-12(9-4-5-9)15-13(10)17;1-6-8(4-5-9(14)15)11(16)13-10(12-6)7-2-3-7;1-4-15-10(13)7-6-9(8(3)12)11(14)16-5-2;11-8-5-9-6-3-1-2-4-7(6)10-8;5-4(6)3-1-2-3;1-2;/h2-5,12H,6-10H2,1H3,(H,21,24)(H,20,22,26);9H,3-7H2,1-2H3,(H,14,15,17);7H,2-5H2,1H3,(H,14,15)(H,12,13,16);9H,4-7H2,1-3H3;1-4,9H,5H2,(H,10,11);3H,1-2H2,(H3,5,6);1H3;1H/i;;;;;;1D;. The Morgan fingerprint density at radius 3 is 1.46 bits per heavy atom. The summed E-state index contributed by atoms with van der Waals surface area (Å²) in [4.78, 5) is 150. The van der Waals surface area contributed by atoms with Crippen molar-refractivity contribution in [3.05, 3.63) is 131 Å². The van der Waals surface area contributed by atoms with Crippen molar-refractivity contribution in [2.45, 2.75) is 169 Å². The van der Waals surface area contributed by atoms with Crippen molar-refractivity contribution in [2.75, 3.05) is 60.9 Å². The number of amides is 3. The average Bonchev–Trinajstić information content (AvgIpc) is 1.78. The number of carboxylic acid groups (broad SMARTS) is 1. The number of carbonyl (C=O) groups is 8. The molecule has 0 radical (unpaired) electrons. The van der Waals surface area contributed by atoms with Gasteiger partial charge in [-0.3, -0.25) is 62.5 Å². The summed E-state index contributed by atoms with van der Waals surface area (Å²) in [6.45, 7) is 13.1. The van der Waals surface area contributed by atoms with Gasteiger partial charge in [0.1, 0.15) is 35.7 Å². The number of carbonyl (C=O) groups excluding carboxylic acids is 7. The zero-order valence-corrected chi connectivity index (χ0v) is 56.2. The maximum Gasteiger partial charge on any atom is 0.316 e. The van der Waals surface area contributed by atoms with Crippen LogP contribution in [0.2, 0.25) is 0 Å². The summed E-state index contributed by atoms with van der Waals surface area (Å²) in [6, 6.07) is 14.8. The molecule has 4 aliphatic carbocycles. The van der Waals surface area contributed by atoms with Gasteiger partial charge < -0.3 is 60.9 Å². The van der Waals surface area contributed by atoms with Gasteiger partial charge >= 0.3 is 23.9 Å². The van der Waals surface area contributed by atoms with Crippen LogP contribution in [-0.4, -0.2) is 128 Å². The van der Waals surface area contributed by atoms with Gasteiger partial charge in [0.15, 0.2) is 0 Å². The number of fused-ring (bicyclic) bond motifs is 2. The fraction of sp³-hybridized carbons (Fsp3) is 0.507. The monoisotopic (exact) mass is 1360 g/mol. The third-order valence-electron chi connectivity index (χ3n) is 15.4. The van der Waals surface area contributed by atoms with E-state index in [9.17, 15) is 57.1 Å². The molecular formula is C67H90ClFN12O15. The Morgan fingerprint density at radius 1 is 0.635 bits per heavy atom. The van der Waals surface area contributed by atoms with E-state index in [1.807, 2.05) is 50.2 Å². The minimum absolute atomic E-state index is 0. The number of aryl methyl sites for hydroxylation is 3. The van der Waals surface area contributed by atoms with E-state index in [0.717, 1.165) is 85.9 Å². The fourth-order valence-electron chi connectivity index (χ4n) is 9.68. The Labute approximate surface area is 563 Å². The predicted octanol–water partition coefficient (Wildman–Crippen LogP) is 7.79. The number of alkyl halides is 1. The number of aliphatic carboxylic acids is 1. The van der Waals surface area contributed by atoms with Gasteiger partial charge in [-0.25, -0.2) is 15.0 Å². The molecule has 3 amide bonds. The first-order valence-electron chi connectivity index (χ1n) is 32.5. The Bertz CT molecular complexity index is 3740. The molecule has 2 aromatic carbocycles. The minimum Gasteiger partial charge on any atom is -0.481 e. The zero-order chi connectivity index (χ0) is 70.6. The van der Waals surface area contributed by atoms with Crippen molar-refractivity contribution in [2.24, 2.45) is 17.6 Å². The van der Waals surface area contributed by atoms with E-state index in [4.69, 9.17) is 31.8 Å². The van der Waals surface area contributed by atoms with E-state index in [0.29, 0.717) is 102 Å². The average molecular weight is 1360 g/mol. The molecule has 6 aliphatic rings. The van der Waals surface area contributed by atoms with Gasteiger partial charge in [-0.15, -0.1) is 12.4 Å². The Morgan fingerprint density at radius 2 is 1.05 bits per heavy atom. The summed E-state index contributed by atoms with van der Waals surface area (Å²) in [5.74, 6) is 0.652. The summed E-state index contributed by atoms with van der Waals surface area (Å²) < 4.78 is 29.8. The molecule has 27 nitrogen and oxygen atoms in total. The Hall–Kier alpha value is -9.47. The summed E-state index contributed by atoms with van der Waals surface area (Å²) in [5.41, 5.74) is 11.5. The minimum atomic E-state index is -1.00. The summed E-state index contributed by atoms with van der Waals surface area (Å²) in [6.07, 6.45) is 10.3. The van der Waals surface area contributed by atoms with Crippen LogP contribution in [0.15, 0.2) is 62.9 Å². The molecule has 11 rings (SSSR count). The zero-order valence-electron chi connectivity index (χ0n) is 56.4. The number of ketones is 1. The van der Waals surface area contributed by atoms with Crippen LogP contribution < -0.4 is 43.3 Å². The van der Waals surface area contributed by atoms with E-state index in [1.165, 1.54) is 11.8 Å². The van der Waals surface area contributed by atoms with Gasteiger partial charge in [0, 0.05) is 83.1 Å². The maximum atomic E-state index is 12.7. The van der Waals surface area contributed by atoms with Crippen molar-refractivity contribution in [3.8, 4) is 0 Å². The number of esters is 3. The highest BCUT2D eigenvalue weighted by Gasteiger charge is 2.31. The largest absolute Gasteiger partial charge is 0.481 e. The van der Waals surface area contributed by atoms with Gasteiger partial charge in [0.2, 0.25) is 17.7 Å². The third-order valence-corrected chi connectivity index (χ3v) is 15.4. The summed E-state index contributed by atoms with van der Waals surface area (Å²) >= 11 is 0. The molecule has 0 saturated heterocycles. The number of amidine groups is 1. The highest BCUT2D eigenvalue weighted by Crippen LogP contribution is 2.39. The van der Waals surface area contributed by atoms with Gasteiger partial charge in [-0.05, 0) is 150 Å². The molecule has 96 heavy (non-hydrogen) atoms. The molecule has 0 spiro atoms. The van der Waals surface area contributed by atoms with Crippen molar-refractivity contribution in [1.82, 2.24) is 29.9 Å². The SMILES string of the molecule is CCOC(=O)CCC(C(C)=O)C(=O)OCC.CCOC(=O)CCc1c(C)nc(C2CC2)[nH]c1=O.Cc1nc(C2CC2)[nH]c(=O)c1CCC(=O)N1CC(=O)Nc2ccccc21.Cc1nc(C2CC2)[nH]c(=O)c1CCC(=O)O.Cl.N=C(N)C1CC1.O=C1CNc2ccccc2N1.[2H]CF. The lowest BCUT2D eigenvalue weighted by molar-refractivity contribution is -0.152. The topological polar surface area (TPSA) is 411 Å². The number of Topliss-reactive ketones (excluding diaryl/α,β-unsaturated/α-hetero) is 1. The Balaban J connectivity index is 0.000000254. The molecule has 1 atom stereocenters. The van der Waals surface area contributed by atoms with Crippen LogP contribution in [-0.2, 0) is 71.8 Å². The van der Waals surface area contributed by atoms with E-state index in [1.54, 1.807) is 39.8 Å². The number of hydrogen-bond acceptors (Lipinski definition) is 19. The molecule has 29 heteroatoms. The van der Waals surface area contributed by atoms with Crippen LogP contribution in [0.4, 0.5) is 27.1 Å². The van der Waals surface area contributed by atoms with Gasteiger partial charge in [-0.1, -0.05) is 24.3 Å². The van der Waals surface area contributed by atoms with Crippen LogP contribution in [0.5, 0.6) is 0 Å². The van der Waals surface area contributed by atoms with Gasteiger partial charge in [0.25, 0.3) is 16.7 Å². The number of rotatable bonds is 21. The number of carboxylic acids is 1. The molecule has 5 heterocycles. The number of aromatic amines is 3. The summed E-state index contributed by atoms with van der Waals surface area (Å²) in [7, 11) is -1.00. The second-order valence-corrected chi connectivity index (χ2v) is 23.0. The van der Waals surface area contributed by atoms with Crippen molar-refractivity contribution in [1.29, 1.82) is 5.41 Å². The quantitative estimate of drug-likeness (QED) is 0.0111. The van der Waals surface area contributed by atoms with E-state index >= 15 is 0 Å². The molecule has 10 N–H and O–H groups in total. The number of H-pyrrole nitrogens is 3. The van der Waals surface area contributed by atoms with Crippen LogP contribution in [0.25, 0.3) is 0 Å². The smallest absolute Gasteiger partial charge is 0.316 e. The fourth-order valence-corrected chi connectivity index (χ4v) is 9.68. The van der Waals surface area contributed by atoms with Crippen LogP contribution in [0.3, 0.4) is 0 Å². The second-order valence-electron chi connectivity index (χ2n) is 23.0. The molecule has 3 aromatic heterocycles. The molecule has 5 aromatic rings. The number of aromatic nitrogens is 6. The van der Waals surface area contributed by atoms with E-state index in [-0.39, 0.29) is 110 Å². The second kappa shape index (κ2) is 39.4. The maximum absolute atomic E-state index is 12.7.